The highest BCUT2D eigenvalue weighted by Gasteiger charge is 2.10. The van der Waals surface area contributed by atoms with Crippen molar-refractivity contribution in [3.05, 3.63) is 28.8 Å². The number of carbonyl (C=O) groups is 2. The first kappa shape index (κ1) is 15.3. The molecule has 1 aromatic carbocycles. The first-order valence-electron chi connectivity index (χ1n) is 5.70. The number of aromatic carboxylic acids is 1. The molecule has 1 aromatic rings. The van der Waals surface area contributed by atoms with Crippen molar-refractivity contribution in [2.24, 2.45) is 0 Å². The Hall–Kier alpha value is -1.79. The van der Waals surface area contributed by atoms with Gasteiger partial charge in [-0.3, -0.25) is 0 Å². The van der Waals surface area contributed by atoms with Crippen LogP contribution in [0.4, 0.5) is 10.5 Å². The second kappa shape index (κ2) is 7.60. The number of carboxylic acid groups (broad SMARTS) is 1. The Morgan fingerprint density at radius 3 is 2.79 bits per heavy atom. The average molecular weight is 287 g/mol. The van der Waals surface area contributed by atoms with Gasteiger partial charge < -0.3 is 20.5 Å². The highest BCUT2D eigenvalue weighted by molar-refractivity contribution is 6.33. The summed E-state index contributed by atoms with van der Waals surface area (Å²) >= 11 is 5.72. The van der Waals surface area contributed by atoms with Gasteiger partial charge in [0, 0.05) is 18.8 Å². The zero-order chi connectivity index (χ0) is 14.3. The van der Waals surface area contributed by atoms with Crippen molar-refractivity contribution in [3.63, 3.8) is 0 Å². The van der Waals surface area contributed by atoms with Crippen LogP contribution in [0.3, 0.4) is 0 Å². The molecule has 104 valence electrons. The van der Waals surface area contributed by atoms with Gasteiger partial charge >= 0.3 is 12.0 Å². The molecule has 0 spiro atoms. The van der Waals surface area contributed by atoms with Gasteiger partial charge in [0.25, 0.3) is 0 Å². The molecule has 3 N–H and O–H groups in total. The predicted octanol–water partition coefficient (Wildman–Crippen LogP) is 2.20. The van der Waals surface area contributed by atoms with Gasteiger partial charge in [0.15, 0.2) is 0 Å². The zero-order valence-electron chi connectivity index (χ0n) is 10.4. The highest BCUT2D eigenvalue weighted by atomic mass is 35.5. The Bertz CT molecular complexity index is 465. The SMILES string of the molecule is CCOCCNC(=O)Nc1ccc(Cl)c(C(=O)O)c1. The van der Waals surface area contributed by atoms with Gasteiger partial charge in [-0.15, -0.1) is 0 Å². The molecule has 0 aliphatic carbocycles. The smallest absolute Gasteiger partial charge is 0.337 e. The second-order valence-corrected chi connectivity index (χ2v) is 3.98. The number of nitrogens with one attached hydrogen (secondary N) is 2. The molecule has 7 heteroatoms. The largest absolute Gasteiger partial charge is 0.478 e. The monoisotopic (exact) mass is 286 g/mol. The Morgan fingerprint density at radius 1 is 1.42 bits per heavy atom. The minimum Gasteiger partial charge on any atom is -0.478 e. The van der Waals surface area contributed by atoms with E-state index in [4.69, 9.17) is 21.4 Å². The van der Waals surface area contributed by atoms with E-state index >= 15 is 0 Å². The molecule has 0 bridgehead atoms. The van der Waals surface area contributed by atoms with Gasteiger partial charge in [-0.2, -0.15) is 0 Å². The maximum absolute atomic E-state index is 11.5. The molecule has 0 radical (unpaired) electrons. The molecule has 0 aliphatic rings. The van der Waals surface area contributed by atoms with E-state index in [1.165, 1.54) is 18.2 Å². The van der Waals surface area contributed by atoms with E-state index in [9.17, 15) is 9.59 Å². The summed E-state index contributed by atoms with van der Waals surface area (Å²) in [7, 11) is 0. The number of amides is 2. The minimum atomic E-state index is -1.15. The zero-order valence-corrected chi connectivity index (χ0v) is 11.2. The number of halogens is 1. The van der Waals surface area contributed by atoms with Crippen LogP contribution in [0.15, 0.2) is 18.2 Å². The lowest BCUT2D eigenvalue weighted by atomic mass is 10.2. The van der Waals surface area contributed by atoms with E-state index < -0.39 is 12.0 Å². The molecule has 0 heterocycles. The lowest BCUT2D eigenvalue weighted by Crippen LogP contribution is -2.31. The van der Waals surface area contributed by atoms with Crippen molar-refractivity contribution in [3.8, 4) is 0 Å². The van der Waals surface area contributed by atoms with Gasteiger partial charge in [-0.05, 0) is 25.1 Å². The number of hydrogen-bond donors (Lipinski definition) is 3. The molecule has 0 unspecified atom stereocenters. The molecule has 0 atom stereocenters. The third kappa shape index (κ3) is 5.15. The molecule has 0 fully saturated rings. The van der Waals surface area contributed by atoms with E-state index in [2.05, 4.69) is 10.6 Å². The highest BCUT2D eigenvalue weighted by Crippen LogP contribution is 2.20. The van der Waals surface area contributed by atoms with Gasteiger partial charge in [0.05, 0.1) is 17.2 Å². The van der Waals surface area contributed by atoms with Crippen molar-refractivity contribution in [2.45, 2.75) is 6.92 Å². The normalized spacial score (nSPS) is 10.0. The number of carboxylic acids is 1. The Labute approximate surface area is 115 Å². The van der Waals surface area contributed by atoms with Crippen LogP contribution in [0.25, 0.3) is 0 Å². The average Bonchev–Trinajstić information content (AvgIpc) is 2.36. The lowest BCUT2D eigenvalue weighted by molar-refractivity contribution is 0.0697. The molecule has 2 amide bonds. The summed E-state index contributed by atoms with van der Waals surface area (Å²) < 4.78 is 5.06. The van der Waals surface area contributed by atoms with E-state index in [1.807, 2.05) is 6.92 Å². The van der Waals surface area contributed by atoms with Gasteiger partial charge in [-0.25, -0.2) is 9.59 Å². The van der Waals surface area contributed by atoms with Crippen LogP contribution in [0.2, 0.25) is 5.02 Å². The number of benzene rings is 1. The number of anilines is 1. The summed E-state index contributed by atoms with van der Waals surface area (Å²) in [6, 6.07) is 3.81. The number of ether oxygens (including phenoxy) is 1. The summed E-state index contributed by atoms with van der Waals surface area (Å²) in [4.78, 5) is 22.4. The maximum atomic E-state index is 11.5. The van der Waals surface area contributed by atoms with E-state index in [-0.39, 0.29) is 10.6 Å². The van der Waals surface area contributed by atoms with E-state index in [0.717, 1.165) is 0 Å². The van der Waals surface area contributed by atoms with Crippen LogP contribution in [-0.2, 0) is 4.74 Å². The topological polar surface area (TPSA) is 87.7 Å². The van der Waals surface area contributed by atoms with Crippen molar-refractivity contribution in [1.29, 1.82) is 0 Å². The third-order valence-corrected chi connectivity index (χ3v) is 2.52. The molecule has 19 heavy (non-hydrogen) atoms. The summed E-state index contributed by atoms with van der Waals surface area (Å²) in [6.45, 7) is 3.24. The van der Waals surface area contributed by atoms with Crippen LogP contribution < -0.4 is 10.6 Å². The molecular formula is C12H15ClN2O4. The van der Waals surface area contributed by atoms with E-state index in [1.54, 1.807) is 0 Å². The number of rotatable bonds is 6. The summed E-state index contributed by atoms with van der Waals surface area (Å²) in [5.41, 5.74) is 0.296. The number of hydrogen-bond acceptors (Lipinski definition) is 3. The summed E-state index contributed by atoms with van der Waals surface area (Å²) in [5.74, 6) is -1.15. The van der Waals surface area contributed by atoms with Crippen LogP contribution in [0.5, 0.6) is 0 Å². The van der Waals surface area contributed by atoms with Crippen molar-refractivity contribution in [1.82, 2.24) is 5.32 Å². The summed E-state index contributed by atoms with van der Waals surface area (Å²) in [6.07, 6.45) is 0. The summed E-state index contributed by atoms with van der Waals surface area (Å²) in [5, 5.41) is 14.1. The van der Waals surface area contributed by atoms with Crippen molar-refractivity contribution < 1.29 is 19.4 Å². The second-order valence-electron chi connectivity index (χ2n) is 3.58. The standard InChI is InChI=1S/C12H15ClN2O4/c1-2-19-6-5-14-12(18)15-8-3-4-10(13)9(7-8)11(16)17/h3-4,7H,2,5-6H2,1H3,(H,16,17)(H2,14,15,18). The van der Waals surface area contributed by atoms with Crippen molar-refractivity contribution in [2.75, 3.05) is 25.1 Å². The first-order chi connectivity index (χ1) is 9.04. The first-order valence-corrected chi connectivity index (χ1v) is 6.07. The van der Waals surface area contributed by atoms with Crippen LogP contribution >= 0.6 is 11.6 Å². The lowest BCUT2D eigenvalue weighted by Gasteiger charge is -2.08. The number of urea groups is 1. The van der Waals surface area contributed by atoms with Crippen molar-refractivity contribution >= 4 is 29.3 Å². The third-order valence-electron chi connectivity index (χ3n) is 2.19. The fourth-order valence-corrected chi connectivity index (χ4v) is 1.52. The van der Waals surface area contributed by atoms with Gasteiger partial charge in [-0.1, -0.05) is 11.6 Å². The molecule has 6 nitrogen and oxygen atoms in total. The maximum Gasteiger partial charge on any atom is 0.337 e. The van der Waals surface area contributed by atoms with Crippen LogP contribution in [0.1, 0.15) is 17.3 Å². The van der Waals surface area contributed by atoms with Crippen LogP contribution in [-0.4, -0.2) is 36.9 Å². The fourth-order valence-electron chi connectivity index (χ4n) is 1.32. The predicted molar refractivity (Wildman–Crippen MR) is 71.9 cm³/mol. The van der Waals surface area contributed by atoms with E-state index in [0.29, 0.717) is 25.4 Å². The van der Waals surface area contributed by atoms with Gasteiger partial charge in [0.2, 0.25) is 0 Å². The Balaban J connectivity index is 2.55. The van der Waals surface area contributed by atoms with Crippen LogP contribution in [0, 0.1) is 0 Å². The molecule has 0 aromatic heterocycles. The fraction of sp³-hybridized carbons (Fsp3) is 0.333. The Morgan fingerprint density at radius 2 is 2.16 bits per heavy atom. The number of carbonyl (C=O) groups excluding carboxylic acids is 1. The molecular weight excluding hydrogens is 272 g/mol. The molecule has 0 saturated heterocycles. The molecule has 0 saturated carbocycles. The molecule has 1 rings (SSSR count). The Kier molecular flexibility index (Phi) is 6.11. The quantitative estimate of drug-likeness (QED) is 0.700. The minimum absolute atomic E-state index is 0.0613. The van der Waals surface area contributed by atoms with Gasteiger partial charge in [0.1, 0.15) is 0 Å². The molecule has 0 aliphatic heterocycles.